The molecule has 0 radical (unpaired) electrons. The topological polar surface area (TPSA) is 12.0 Å². The van der Waals surface area contributed by atoms with Crippen molar-refractivity contribution in [1.82, 2.24) is 5.32 Å². The molecule has 0 fully saturated rings. The van der Waals surface area contributed by atoms with Crippen molar-refractivity contribution < 1.29 is 0 Å². The first-order valence-electron chi connectivity index (χ1n) is 6.85. The van der Waals surface area contributed by atoms with E-state index in [1.54, 1.807) is 11.3 Å². The van der Waals surface area contributed by atoms with Crippen molar-refractivity contribution in [2.75, 3.05) is 6.54 Å². The van der Waals surface area contributed by atoms with Crippen LogP contribution in [0.15, 0.2) is 47.8 Å². The lowest BCUT2D eigenvalue weighted by Gasteiger charge is -2.20. The fraction of sp³-hybridized carbons (Fsp3) is 0.176. The average molecular weight is 336 g/mol. The van der Waals surface area contributed by atoms with Crippen molar-refractivity contribution in [3.8, 4) is 0 Å². The van der Waals surface area contributed by atoms with Crippen LogP contribution in [0.3, 0.4) is 0 Å². The third-order valence-electron chi connectivity index (χ3n) is 3.52. The van der Waals surface area contributed by atoms with E-state index in [9.17, 15) is 0 Å². The Bertz CT molecular complexity index is 766. The molecule has 0 amide bonds. The molecule has 0 spiro atoms. The maximum atomic E-state index is 6.42. The Morgan fingerprint density at radius 3 is 2.67 bits per heavy atom. The molecule has 3 rings (SSSR count). The molecule has 21 heavy (non-hydrogen) atoms. The standard InChI is InChI=1S/C17H15Cl2NS/c1-2-20-17(12-7-5-8-14(18)16(12)19)13-10-21-15-9-4-3-6-11(13)15/h3-10,17,20H,2H2,1H3. The second-order valence-electron chi connectivity index (χ2n) is 4.82. The van der Waals surface area contributed by atoms with Crippen LogP contribution in [0.25, 0.3) is 10.1 Å². The molecule has 3 aromatic rings. The predicted octanol–water partition coefficient (Wildman–Crippen LogP) is 5.91. The molecule has 1 aromatic heterocycles. The summed E-state index contributed by atoms with van der Waals surface area (Å²) < 4.78 is 1.29. The third-order valence-corrected chi connectivity index (χ3v) is 5.34. The SMILES string of the molecule is CCNC(c1cccc(Cl)c1Cl)c1csc2ccccc12. The number of fused-ring (bicyclic) bond motifs is 1. The zero-order valence-corrected chi connectivity index (χ0v) is 13.9. The lowest BCUT2D eigenvalue weighted by atomic mass is 9.98. The molecule has 0 aliphatic heterocycles. The Morgan fingerprint density at radius 2 is 1.86 bits per heavy atom. The van der Waals surface area contributed by atoms with Gasteiger partial charge in [-0.1, -0.05) is 60.5 Å². The first-order valence-corrected chi connectivity index (χ1v) is 8.49. The average Bonchev–Trinajstić information content (AvgIpc) is 2.92. The zero-order valence-electron chi connectivity index (χ0n) is 11.6. The van der Waals surface area contributed by atoms with E-state index in [0.717, 1.165) is 12.1 Å². The predicted molar refractivity (Wildman–Crippen MR) is 93.8 cm³/mol. The zero-order chi connectivity index (χ0) is 14.8. The molecule has 1 heterocycles. The van der Waals surface area contributed by atoms with Gasteiger partial charge in [0.05, 0.1) is 16.1 Å². The highest BCUT2D eigenvalue weighted by Gasteiger charge is 2.20. The molecule has 108 valence electrons. The van der Waals surface area contributed by atoms with Gasteiger partial charge >= 0.3 is 0 Å². The molecular formula is C17H15Cl2NS. The number of hydrogen-bond donors (Lipinski definition) is 1. The van der Waals surface area contributed by atoms with Crippen LogP contribution < -0.4 is 5.32 Å². The van der Waals surface area contributed by atoms with Crippen molar-refractivity contribution in [3.05, 3.63) is 69.0 Å². The Balaban J connectivity index is 2.16. The van der Waals surface area contributed by atoms with E-state index in [2.05, 4.69) is 41.9 Å². The minimum absolute atomic E-state index is 0.0531. The highest BCUT2D eigenvalue weighted by Crippen LogP contribution is 2.38. The summed E-state index contributed by atoms with van der Waals surface area (Å²) in [6.45, 7) is 2.96. The van der Waals surface area contributed by atoms with Gasteiger partial charge in [-0.2, -0.15) is 0 Å². The fourth-order valence-corrected chi connectivity index (χ4v) is 3.96. The van der Waals surface area contributed by atoms with Crippen LogP contribution in [0.1, 0.15) is 24.1 Å². The molecule has 1 atom stereocenters. The van der Waals surface area contributed by atoms with Gasteiger partial charge in [0.25, 0.3) is 0 Å². The van der Waals surface area contributed by atoms with Gasteiger partial charge in [-0.05, 0) is 40.6 Å². The van der Waals surface area contributed by atoms with Crippen LogP contribution in [0.2, 0.25) is 10.0 Å². The summed E-state index contributed by atoms with van der Waals surface area (Å²) in [5.74, 6) is 0. The second-order valence-corrected chi connectivity index (χ2v) is 6.52. The lowest BCUT2D eigenvalue weighted by Crippen LogP contribution is -2.22. The third kappa shape index (κ3) is 2.82. The first kappa shape index (κ1) is 14.9. The molecule has 0 aliphatic carbocycles. The minimum Gasteiger partial charge on any atom is -0.306 e. The van der Waals surface area contributed by atoms with E-state index in [0.29, 0.717) is 10.0 Å². The van der Waals surface area contributed by atoms with E-state index in [1.807, 2.05) is 18.2 Å². The van der Waals surface area contributed by atoms with Crippen LogP contribution in [0.4, 0.5) is 0 Å². The minimum atomic E-state index is 0.0531. The van der Waals surface area contributed by atoms with E-state index in [1.165, 1.54) is 15.6 Å². The smallest absolute Gasteiger partial charge is 0.0643 e. The summed E-state index contributed by atoms with van der Waals surface area (Å²) >= 11 is 14.4. The van der Waals surface area contributed by atoms with Gasteiger partial charge in [0, 0.05) is 4.70 Å². The number of halogens is 2. The van der Waals surface area contributed by atoms with Crippen molar-refractivity contribution >= 4 is 44.6 Å². The van der Waals surface area contributed by atoms with Gasteiger partial charge in [0.2, 0.25) is 0 Å². The molecule has 0 aliphatic rings. The van der Waals surface area contributed by atoms with Crippen molar-refractivity contribution in [1.29, 1.82) is 0 Å². The quantitative estimate of drug-likeness (QED) is 0.625. The first-order chi connectivity index (χ1) is 10.2. The summed E-state index contributed by atoms with van der Waals surface area (Å²) in [6.07, 6.45) is 0. The molecule has 0 saturated carbocycles. The number of benzene rings is 2. The summed E-state index contributed by atoms with van der Waals surface area (Å²) in [4.78, 5) is 0. The molecular weight excluding hydrogens is 321 g/mol. The van der Waals surface area contributed by atoms with Crippen LogP contribution in [-0.4, -0.2) is 6.54 Å². The van der Waals surface area contributed by atoms with Gasteiger partial charge in [-0.25, -0.2) is 0 Å². The normalized spacial score (nSPS) is 12.7. The Kier molecular flexibility index (Phi) is 4.51. The van der Waals surface area contributed by atoms with Gasteiger partial charge in [-0.3, -0.25) is 0 Å². The van der Waals surface area contributed by atoms with Gasteiger partial charge in [0.1, 0.15) is 0 Å². The van der Waals surface area contributed by atoms with Crippen LogP contribution in [-0.2, 0) is 0 Å². The highest BCUT2D eigenvalue weighted by atomic mass is 35.5. The summed E-state index contributed by atoms with van der Waals surface area (Å²) in [7, 11) is 0. The van der Waals surface area contributed by atoms with Gasteiger partial charge in [0.15, 0.2) is 0 Å². The van der Waals surface area contributed by atoms with E-state index >= 15 is 0 Å². The molecule has 1 nitrogen and oxygen atoms in total. The molecule has 4 heteroatoms. The summed E-state index contributed by atoms with van der Waals surface area (Å²) in [5.41, 5.74) is 2.27. The maximum absolute atomic E-state index is 6.42. The maximum Gasteiger partial charge on any atom is 0.0643 e. The molecule has 1 N–H and O–H groups in total. The number of rotatable bonds is 4. The largest absolute Gasteiger partial charge is 0.306 e. The van der Waals surface area contributed by atoms with Crippen molar-refractivity contribution in [2.24, 2.45) is 0 Å². The lowest BCUT2D eigenvalue weighted by molar-refractivity contribution is 0.636. The van der Waals surface area contributed by atoms with Crippen LogP contribution >= 0.6 is 34.5 Å². The fourth-order valence-electron chi connectivity index (χ4n) is 2.56. The molecule has 1 unspecified atom stereocenters. The highest BCUT2D eigenvalue weighted by molar-refractivity contribution is 7.17. The monoisotopic (exact) mass is 335 g/mol. The second kappa shape index (κ2) is 6.37. The Morgan fingerprint density at radius 1 is 1.05 bits per heavy atom. The van der Waals surface area contributed by atoms with Crippen molar-refractivity contribution in [3.63, 3.8) is 0 Å². The van der Waals surface area contributed by atoms with Crippen molar-refractivity contribution in [2.45, 2.75) is 13.0 Å². The van der Waals surface area contributed by atoms with Crippen LogP contribution in [0, 0.1) is 0 Å². The number of nitrogens with one attached hydrogen (secondary N) is 1. The molecule has 0 saturated heterocycles. The Labute approximate surface area is 138 Å². The number of thiophene rings is 1. The van der Waals surface area contributed by atoms with Gasteiger partial charge < -0.3 is 5.32 Å². The molecule has 2 aromatic carbocycles. The number of hydrogen-bond acceptors (Lipinski definition) is 2. The van der Waals surface area contributed by atoms with Gasteiger partial charge in [-0.15, -0.1) is 11.3 Å². The molecule has 0 bridgehead atoms. The van der Waals surface area contributed by atoms with E-state index < -0.39 is 0 Å². The van der Waals surface area contributed by atoms with Crippen LogP contribution in [0.5, 0.6) is 0 Å². The van der Waals surface area contributed by atoms with E-state index in [-0.39, 0.29) is 6.04 Å². The van der Waals surface area contributed by atoms with E-state index in [4.69, 9.17) is 23.2 Å². The summed E-state index contributed by atoms with van der Waals surface area (Å²) in [6, 6.07) is 14.3. The Hall–Kier alpha value is -1.06. The summed E-state index contributed by atoms with van der Waals surface area (Å²) in [5, 5.41) is 8.22.